The van der Waals surface area contributed by atoms with Crippen molar-refractivity contribution >= 4 is 29.1 Å². The maximum atomic E-state index is 11.9. The predicted octanol–water partition coefficient (Wildman–Crippen LogP) is 3.00. The zero-order valence-electron chi connectivity index (χ0n) is 20.3. The normalized spacial score (nSPS) is 16.9. The Morgan fingerprint density at radius 2 is 1.65 bits per heavy atom. The van der Waals surface area contributed by atoms with Crippen molar-refractivity contribution in [2.75, 3.05) is 42.9 Å². The second-order valence-corrected chi connectivity index (χ2v) is 8.90. The number of benzene rings is 1. The zero-order valence-corrected chi connectivity index (χ0v) is 20.3. The molecule has 0 unspecified atom stereocenters. The maximum Gasteiger partial charge on any atom is 0.271 e. The predicted molar refractivity (Wildman–Crippen MR) is 135 cm³/mol. The van der Waals surface area contributed by atoms with Crippen molar-refractivity contribution in [2.24, 2.45) is 11.5 Å². The molecule has 9 heteroatoms. The Morgan fingerprint density at radius 3 is 2.21 bits per heavy atom. The first kappa shape index (κ1) is 25.4. The van der Waals surface area contributed by atoms with Gasteiger partial charge in [0.25, 0.3) is 5.91 Å². The minimum absolute atomic E-state index is 0.173. The third-order valence-electron chi connectivity index (χ3n) is 6.35. The number of nitrogens with zero attached hydrogens (tertiary/aromatic N) is 4. The van der Waals surface area contributed by atoms with Crippen LogP contribution in [0.15, 0.2) is 30.5 Å². The van der Waals surface area contributed by atoms with Crippen molar-refractivity contribution < 1.29 is 9.59 Å². The average Bonchev–Trinajstić information content (AvgIpc) is 2.84. The molecule has 0 aliphatic carbocycles. The fourth-order valence-electron chi connectivity index (χ4n) is 4.48. The molecule has 4 rings (SSSR count). The number of aromatic nitrogens is 2. The van der Waals surface area contributed by atoms with Gasteiger partial charge in [0.05, 0.1) is 6.20 Å². The Labute approximate surface area is 201 Å². The zero-order chi connectivity index (χ0) is 24.5. The van der Waals surface area contributed by atoms with Crippen molar-refractivity contribution in [1.82, 2.24) is 14.9 Å². The van der Waals surface area contributed by atoms with Crippen LogP contribution in [-0.2, 0) is 4.79 Å². The summed E-state index contributed by atoms with van der Waals surface area (Å²) in [6.07, 6.45) is 7.62. The lowest BCUT2D eigenvalue weighted by Gasteiger charge is -2.31. The van der Waals surface area contributed by atoms with E-state index in [-0.39, 0.29) is 11.6 Å². The summed E-state index contributed by atoms with van der Waals surface area (Å²) in [5, 5.41) is 3.27. The van der Waals surface area contributed by atoms with Crippen LogP contribution in [0.1, 0.15) is 67.9 Å². The Morgan fingerprint density at radius 1 is 1.03 bits per heavy atom. The van der Waals surface area contributed by atoms with Gasteiger partial charge in [0.15, 0.2) is 11.5 Å². The Bertz CT molecular complexity index is 946. The fourth-order valence-corrected chi connectivity index (χ4v) is 4.48. The third kappa shape index (κ3) is 7.15. The molecule has 0 atom stereocenters. The number of rotatable bonds is 6. The van der Waals surface area contributed by atoms with Gasteiger partial charge in [-0.25, -0.2) is 9.97 Å². The third-order valence-corrected chi connectivity index (χ3v) is 6.35. The molecule has 3 heterocycles. The van der Waals surface area contributed by atoms with E-state index in [1.165, 1.54) is 44.8 Å². The number of primary amides is 2. The minimum atomic E-state index is -0.575. The van der Waals surface area contributed by atoms with Crippen LogP contribution in [0.2, 0.25) is 0 Å². The van der Waals surface area contributed by atoms with Crippen LogP contribution in [0.5, 0.6) is 0 Å². The van der Waals surface area contributed by atoms with E-state index in [4.69, 9.17) is 5.73 Å². The molecule has 0 radical (unpaired) electrons. The average molecular weight is 468 g/mol. The highest BCUT2D eigenvalue weighted by Crippen LogP contribution is 2.30. The van der Waals surface area contributed by atoms with Crippen molar-refractivity contribution in [3.63, 3.8) is 0 Å². The van der Waals surface area contributed by atoms with Gasteiger partial charge in [-0.2, -0.15) is 0 Å². The number of nitrogens with one attached hydrogen (secondary N) is 1. The van der Waals surface area contributed by atoms with E-state index in [9.17, 15) is 9.59 Å². The van der Waals surface area contributed by atoms with Crippen molar-refractivity contribution in [2.45, 2.75) is 51.9 Å². The van der Waals surface area contributed by atoms with Crippen molar-refractivity contribution in [1.29, 1.82) is 0 Å². The van der Waals surface area contributed by atoms with Gasteiger partial charge in [0.2, 0.25) is 5.91 Å². The first-order valence-corrected chi connectivity index (χ1v) is 12.1. The van der Waals surface area contributed by atoms with Gasteiger partial charge < -0.3 is 26.6 Å². The molecule has 5 N–H and O–H groups in total. The van der Waals surface area contributed by atoms with E-state index in [0.29, 0.717) is 11.7 Å². The molecule has 34 heavy (non-hydrogen) atoms. The quantitative estimate of drug-likeness (QED) is 0.595. The summed E-state index contributed by atoms with van der Waals surface area (Å²) in [6, 6.07) is 8.48. The molecule has 2 saturated heterocycles. The molecule has 2 amide bonds. The van der Waals surface area contributed by atoms with Crippen LogP contribution in [0.25, 0.3) is 0 Å². The van der Waals surface area contributed by atoms with Gasteiger partial charge in [-0.3, -0.25) is 9.59 Å². The molecular formula is C25H37N7O2. The molecule has 2 fully saturated rings. The highest BCUT2D eigenvalue weighted by atomic mass is 16.1. The molecule has 1 aromatic heterocycles. The molecule has 2 aliphatic heterocycles. The highest BCUT2D eigenvalue weighted by Gasteiger charge is 2.20. The van der Waals surface area contributed by atoms with Gasteiger partial charge in [-0.15, -0.1) is 0 Å². The molecule has 9 nitrogen and oxygen atoms in total. The number of amides is 2. The summed E-state index contributed by atoms with van der Waals surface area (Å²) in [7, 11) is 0. The van der Waals surface area contributed by atoms with Crippen molar-refractivity contribution in [3.05, 3.63) is 41.7 Å². The number of carbonyl (C=O) groups excluding carboxylic acids is 2. The van der Waals surface area contributed by atoms with Gasteiger partial charge in [0, 0.05) is 25.7 Å². The molecule has 184 valence electrons. The number of hydrogen-bond acceptors (Lipinski definition) is 7. The molecule has 1 aromatic carbocycles. The molecule has 0 saturated carbocycles. The highest BCUT2D eigenvalue weighted by molar-refractivity contribution is 5.96. The summed E-state index contributed by atoms with van der Waals surface area (Å²) in [6.45, 7) is 8.94. The summed E-state index contributed by atoms with van der Waals surface area (Å²) >= 11 is 0. The number of hydrogen-bond donors (Lipinski definition) is 3. The van der Waals surface area contributed by atoms with Crippen molar-refractivity contribution in [3.8, 4) is 0 Å². The van der Waals surface area contributed by atoms with Crippen LogP contribution in [0.4, 0.5) is 17.3 Å². The fraction of sp³-hybridized carbons (Fsp3) is 0.520. The number of nitrogens with two attached hydrogens (primary N) is 2. The van der Waals surface area contributed by atoms with E-state index in [0.717, 1.165) is 44.0 Å². The summed E-state index contributed by atoms with van der Waals surface area (Å²) in [5.41, 5.74) is 12.4. The van der Waals surface area contributed by atoms with E-state index in [1.54, 1.807) is 6.20 Å². The number of piperidine rings is 2. The van der Waals surface area contributed by atoms with E-state index in [2.05, 4.69) is 62.0 Å². The second-order valence-electron chi connectivity index (χ2n) is 8.90. The van der Waals surface area contributed by atoms with Gasteiger partial charge in [-0.1, -0.05) is 19.1 Å². The van der Waals surface area contributed by atoms with Crippen LogP contribution < -0.4 is 21.7 Å². The Kier molecular flexibility index (Phi) is 9.21. The summed E-state index contributed by atoms with van der Waals surface area (Å²) < 4.78 is 0. The lowest BCUT2D eigenvalue weighted by atomic mass is 9.89. The smallest absolute Gasteiger partial charge is 0.271 e. The summed E-state index contributed by atoms with van der Waals surface area (Å²) in [4.78, 5) is 34.8. The number of likely N-dealkylation sites (tertiary alicyclic amines) is 1. The van der Waals surface area contributed by atoms with Crippen LogP contribution in [-0.4, -0.2) is 59.4 Å². The second kappa shape index (κ2) is 12.3. The maximum absolute atomic E-state index is 11.9. The SMILES string of the molecule is CC(N)=O.CCN1CCC(c2ccc(Nc3nc(N4CCCCC4)cnc3C(N)=O)cc2)CC1. The van der Waals surface area contributed by atoms with Gasteiger partial charge >= 0.3 is 0 Å². The van der Waals surface area contributed by atoms with E-state index in [1.807, 2.05) is 0 Å². The Balaban J connectivity index is 0.000000751. The Hall–Kier alpha value is -3.20. The first-order valence-electron chi connectivity index (χ1n) is 12.1. The molecule has 2 aliphatic rings. The molecular weight excluding hydrogens is 430 g/mol. The monoisotopic (exact) mass is 467 g/mol. The van der Waals surface area contributed by atoms with Crippen LogP contribution in [0, 0.1) is 0 Å². The van der Waals surface area contributed by atoms with Crippen LogP contribution >= 0.6 is 0 Å². The number of carbonyl (C=O) groups is 2. The molecule has 2 aromatic rings. The molecule has 0 spiro atoms. The first-order chi connectivity index (χ1) is 16.4. The lowest BCUT2D eigenvalue weighted by molar-refractivity contribution is -0.115. The van der Waals surface area contributed by atoms with Gasteiger partial charge in [0.1, 0.15) is 5.82 Å². The minimum Gasteiger partial charge on any atom is -0.370 e. The standard InChI is InChI=1S/C23H32N6O.C2H5NO/c1-2-28-14-10-18(11-15-28)17-6-8-19(9-7-17)26-23-21(22(24)30)25-16-20(27-23)29-12-4-3-5-13-29;1-2(3)4/h6-9,16,18H,2-5,10-15H2,1H3,(H2,24,30)(H,26,27);1H3,(H2,3,4). The summed E-state index contributed by atoms with van der Waals surface area (Å²) in [5.74, 6) is 0.927. The number of anilines is 3. The largest absolute Gasteiger partial charge is 0.370 e. The van der Waals surface area contributed by atoms with E-state index < -0.39 is 5.91 Å². The van der Waals surface area contributed by atoms with E-state index >= 15 is 0 Å². The topological polar surface area (TPSA) is 130 Å². The van der Waals surface area contributed by atoms with Gasteiger partial charge in [-0.05, 0) is 75.4 Å². The molecule has 0 bridgehead atoms. The lowest BCUT2D eigenvalue weighted by Crippen LogP contribution is -2.32. The van der Waals surface area contributed by atoms with Crippen LogP contribution in [0.3, 0.4) is 0 Å².